The molecule has 0 aromatic heterocycles. The molecule has 1 aromatic rings. The van der Waals surface area contributed by atoms with Crippen LogP contribution in [0.25, 0.3) is 0 Å². The smallest absolute Gasteiger partial charge is 0.176 e. The number of hydrogen-bond acceptors (Lipinski definition) is 3. The Kier molecular flexibility index (Phi) is 5.59. The summed E-state index contributed by atoms with van der Waals surface area (Å²) in [4.78, 5) is 4.04. The molecule has 0 radical (unpaired) electrons. The third kappa shape index (κ3) is 4.00. The number of rotatable bonds is 5. The Balaban J connectivity index is 2.62. The van der Waals surface area contributed by atoms with Crippen LogP contribution >= 0.6 is 15.9 Å². The van der Waals surface area contributed by atoms with Gasteiger partial charge in [0.15, 0.2) is 6.29 Å². The number of hydrogen-bond donors (Lipinski definition) is 0. The third-order valence-electron chi connectivity index (χ3n) is 1.97. The molecule has 88 valence electrons. The van der Waals surface area contributed by atoms with Gasteiger partial charge >= 0.3 is 0 Å². The van der Waals surface area contributed by atoms with Gasteiger partial charge in [-0.15, -0.1) is 0 Å². The summed E-state index contributed by atoms with van der Waals surface area (Å²) in [7, 11) is 3.06. The summed E-state index contributed by atoms with van der Waals surface area (Å²) in [6.45, 7) is 0.336. The highest BCUT2D eigenvalue weighted by molar-refractivity contribution is 9.10. The van der Waals surface area contributed by atoms with Crippen molar-refractivity contribution in [2.75, 3.05) is 20.8 Å². The Morgan fingerprint density at radius 2 is 2.12 bits per heavy atom. The maximum Gasteiger partial charge on any atom is 0.176 e. The molecule has 5 heteroatoms. The summed E-state index contributed by atoms with van der Waals surface area (Å²) in [6, 6.07) is 4.80. The van der Waals surface area contributed by atoms with Gasteiger partial charge in [0.1, 0.15) is 5.82 Å². The van der Waals surface area contributed by atoms with Crippen LogP contribution in [0.3, 0.4) is 0 Å². The zero-order chi connectivity index (χ0) is 12.0. The summed E-state index contributed by atoms with van der Waals surface area (Å²) in [6.07, 6.45) is 1.07. The number of halogens is 2. The van der Waals surface area contributed by atoms with Gasteiger partial charge in [-0.1, -0.05) is 15.9 Å². The van der Waals surface area contributed by atoms with Gasteiger partial charge < -0.3 is 9.47 Å². The van der Waals surface area contributed by atoms with Crippen LogP contribution in [0.5, 0.6) is 0 Å². The second-order valence-electron chi connectivity index (χ2n) is 3.06. The molecular formula is C11H13BrFNO2. The van der Waals surface area contributed by atoms with Crippen molar-refractivity contribution in [3.8, 4) is 0 Å². The number of nitrogens with zero attached hydrogens (tertiary/aromatic N) is 1. The van der Waals surface area contributed by atoms with Gasteiger partial charge in [0, 0.05) is 30.5 Å². The molecule has 0 atom stereocenters. The maximum atomic E-state index is 13.4. The van der Waals surface area contributed by atoms with Crippen LogP contribution in [0.15, 0.2) is 27.7 Å². The van der Waals surface area contributed by atoms with Crippen molar-refractivity contribution in [2.45, 2.75) is 6.29 Å². The van der Waals surface area contributed by atoms with Crippen molar-refractivity contribution in [3.05, 3.63) is 34.1 Å². The van der Waals surface area contributed by atoms with Crippen molar-refractivity contribution in [1.29, 1.82) is 0 Å². The minimum absolute atomic E-state index is 0.315. The van der Waals surface area contributed by atoms with Gasteiger partial charge in [-0.3, -0.25) is 4.99 Å². The highest BCUT2D eigenvalue weighted by atomic mass is 79.9. The molecule has 0 saturated heterocycles. The van der Waals surface area contributed by atoms with Crippen LogP contribution < -0.4 is 0 Å². The van der Waals surface area contributed by atoms with Gasteiger partial charge in [-0.2, -0.15) is 0 Å². The van der Waals surface area contributed by atoms with Gasteiger partial charge in [-0.25, -0.2) is 4.39 Å². The summed E-state index contributed by atoms with van der Waals surface area (Å²) in [5.74, 6) is -0.315. The van der Waals surface area contributed by atoms with Crippen molar-refractivity contribution in [3.63, 3.8) is 0 Å². The monoisotopic (exact) mass is 289 g/mol. The first kappa shape index (κ1) is 13.3. The van der Waals surface area contributed by atoms with Crippen LogP contribution in [0.2, 0.25) is 0 Å². The van der Waals surface area contributed by atoms with E-state index < -0.39 is 6.29 Å². The number of aliphatic imine (C=N–C) groups is 1. The van der Waals surface area contributed by atoms with E-state index in [0.717, 1.165) is 0 Å². The molecule has 0 bridgehead atoms. The fourth-order valence-corrected chi connectivity index (χ4v) is 1.42. The lowest BCUT2D eigenvalue weighted by Crippen LogP contribution is -2.16. The number of ether oxygens (including phenoxy) is 2. The van der Waals surface area contributed by atoms with E-state index in [4.69, 9.17) is 9.47 Å². The van der Waals surface area contributed by atoms with Crippen molar-refractivity contribution < 1.29 is 13.9 Å². The second kappa shape index (κ2) is 6.73. The molecule has 1 aromatic carbocycles. The molecule has 0 saturated carbocycles. The Hall–Kier alpha value is -0.780. The average Bonchev–Trinajstić information content (AvgIpc) is 2.27. The summed E-state index contributed by atoms with van der Waals surface area (Å²) in [5, 5.41) is 0. The Morgan fingerprint density at radius 1 is 1.44 bits per heavy atom. The predicted molar refractivity (Wildman–Crippen MR) is 64.4 cm³/mol. The lowest BCUT2D eigenvalue weighted by molar-refractivity contribution is -0.0936. The molecule has 0 unspecified atom stereocenters. The van der Waals surface area contributed by atoms with Crippen molar-refractivity contribution >= 4 is 22.1 Å². The first-order valence-corrected chi connectivity index (χ1v) is 5.47. The Bertz CT molecular complexity index is 367. The summed E-state index contributed by atoms with van der Waals surface area (Å²) < 4.78 is 24.0. The molecule has 0 aliphatic rings. The normalized spacial score (nSPS) is 11.6. The lowest BCUT2D eigenvalue weighted by atomic mass is 10.2. The van der Waals surface area contributed by atoms with E-state index in [9.17, 15) is 4.39 Å². The molecule has 0 aliphatic carbocycles. The van der Waals surface area contributed by atoms with Gasteiger partial charge in [0.2, 0.25) is 0 Å². The van der Waals surface area contributed by atoms with Crippen LogP contribution in [-0.4, -0.2) is 33.3 Å². The Morgan fingerprint density at radius 3 is 2.69 bits per heavy atom. The number of methoxy groups -OCH3 is 2. The van der Waals surface area contributed by atoms with Crippen LogP contribution in [0, 0.1) is 5.82 Å². The molecule has 0 aliphatic heterocycles. The van der Waals surface area contributed by atoms with E-state index in [0.29, 0.717) is 16.6 Å². The topological polar surface area (TPSA) is 30.8 Å². The van der Waals surface area contributed by atoms with E-state index >= 15 is 0 Å². The summed E-state index contributed by atoms with van der Waals surface area (Å²) >= 11 is 3.19. The predicted octanol–water partition coefficient (Wildman–Crippen LogP) is 2.63. The van der Waals surface area contributed by atoms with Crippen molar-refractivity contribution in [1.82, 2.24) is 0 Å². The van der Waals surface area contributed by atoms with E-state index in [1.54, 1.807) is 12.1 Å². The minimum atomic E-state index is -0.394. The van der Waals surface area contributed by atoms with E-state index in [1.165, 1.54) is 26.5 Å². The molecule has 16 heavy (non-hydrogen) atoms. The molecule has 0 spiro atoms. The van der Waals surface area contributed by atoms with Gasteiger partial charge in [-0.05, 0) is 18.2 Å². The fourth-order valence-electron chi connectivity index (χ4n) is 1.09. The molecule has 0 heterocycles. The third-order valence-corrected chi connectivity index (χ3v) is 2.47. The fraction of sp³-hybridized carbons (Fsp3) is 0.364. The zero-order valence-electron chi connectivity index (χ0n) is 9.11. The quantitative estimate of drug-likeness (QED) is 0.616. The van der Waals surface area contributed by atoms with Gasteiger partial charge in [0.25, 0.3) is 0 Å². The molecule has 1 rings (SSSR count). The molecule has 0 fully saturated rings. The van der Waals surface area contributed by atoms with Gasteiger partial charge in [0.05, 0.1) is 6.54 Å². The van der Waals surface area contributed by atoms with E-state index in [1.807, 2.05) is 0 Å². The van der Waals surface area contributed by atoms with Crippen LogP contribution in [0.1, 0.15) is 5.56 Å². The largest absolute Gasteiger partial charge is 0.354 e. The zero-order valence-corrected chi connectivity index (χ0v) is 10.7. The minimum Gasteiger partial charge on any atom is -0.354 e. The standard InChI is InChI=1S/C11H13BrFNO2/c1-15-11(16-2)7-14-6-8-3-4-9(12)5-10(8)13/h3-6,11H,7H2,1-2H3. The van der Waals surface area contributed by atoms with Crippen LogP contribution in [0.4, 0.5) is 4.39 Å². The lowest BCUT2D eigenvalue weighted by Gasteiger charge is -2.09. The molecule has 3 nitrogen and oxygen atoms in total. The van der Waals surface area contributed by atoms with E-state index in [2.05, 4.69) is 20.9 Å². The highest BCUT2D eigenvalue weighted by Crippen LogP contribution is 2.13. The first-order valence-electron chi connectivity index (χ1n) is 4.68. The van der Waals surface area contributed by atoms with Crippen LogP contribution in [-0.2, 0) is 9.47 Å². The average molecular weight is 290 g/mol. The highest BCUT2D eigenvalue weighted by Gasteiger charge is 2.03. The summed E-state index contributed by atoms with van der Waals surface area (Å²) in [5.41, 5.74) is 0.439. The van der Waals surface area contributed by atoms with E-state index in [-0.39, 0.29) is 5.82 Å². The molecular weight excluding hydrogens is 277 g/mol. The first-order chi connectivity index (χ1) is 7.67. The molecule has 0 N–H and O–H groups in total. The second-order valence-corrected chi connectivity index (χ2v) is 3.98. The SMILES string of the molecule is COC(CN=Cc1ccc(Br)cc1F)OC. The number of benzene rings is 1. The van der Waals surface area contributed by atoms with Crippen molar-refractivity contribution in [2.24, 2.45) is 4.99 Å². The molecule has 0 amide bonds. The maximum absolute atomic E-state index is 13.4. The Labute approximate surface area is 102 Å².